The van der Waals surface area contributed by atoms with Gasteiger partial charge in [0, 0.05) is 18.3 Å². The summed E-state index contributed by atoms with van der Waals surface area (Å²) in [7, 11) is -3.38. The Morgan fingerprint density at radius 2 is 2.04 bits per heavy atom. The van der Waals surface area contributed by atoms with E-state index in [-0.39, 0.29) is 11.9 Å². The number of fused-ring (bicyclic) bond motifs is 1. The Morgan fingerprint density at radius 3 is 2.80 bits per heavy atom. The van der Waals surface area contributed by atoms with Gasteiger partial charge in [0.05, 0.1) is 5.75 Å². The summed E-state index contributed by atoms with van der Waals surface area (Å²) in [6, 6.07) is 7.77. The molecule has 130 valence electrons. The topological polar surface area (TPSA) is 59.0 Å². The molecule has 1 aromatic carbocycles. The van der Waals surface area contributed by atoms with Crippen molar-refractivity contribution < 1.29 is 13.2 Å². The van der Waals surface area contributed by atoms with Gasteiger partial charge in [0.15, 0.2) is 5.84 Å². The van der Waals surface area contributed by atoms with Crippen LogP contribution in [0.3, 0.4) is 0 Å². The van der Waals surface area contributed by atoms with Crippen LogP contribution in [-0.2, 0) is 10.0 Å². The van der Waals surface area contributed by atoms with E-state index in [2.05, 4.69) is 16.5 Å². The molecule has 0 saturated heterocycles. The van der Waals surface area contributed by atoms with Gasteiger partial charge in [-0.25, -0.2) is 8.42 Å². The molecular formula is C19H20N2O3S. The number of allylic oxidation sites excluding steroid dienone is 3. The number of sulfonamides is 1. The maximum atomic E-state index is 11.9. The second-order valence-corrected chi connectivity index (χ2v) is 8.11. The van der Waals surface area contributed by atoms with Gasteiger partial charge in [0.1, 0.15) is 11.9 Å². The molecule has 1 atom stereocenters. The zero-order valence-corrected chi connectivity index (χ0v) is 14.7. The van der Waals surface area contributed by atoms with Crippen LogP contribution < -0.4 is 4.74 Å². The molecule has 1 unspecified atom stereocenters. The monoisotopic (exact) mass is 356 g/mol. The van der Waals surface area contributed by atoms with Gasteiger partial charge in [0.25, 0.3) is 10.0 Å². The second kappa shape index (κ2) is 6.52. The highest BCUT2D eigenvalue weighted by Crippen LogP contribution is 2.27. The van der Waals surface area contributed by atoms with Crippen molar-refractivity contribution in [3.8, 4) is 5.75 Å². The molecule has 6 heteroatoms. The molecule has 2 heterocycles. The maximum absolute atomic E-state index is 11.9. The molecule has 1 aromatic rings. The van der Waals surface area contributed by atoms with Crippen LogP contribution in [0, 0.1) is 0 Å². The van der Waals surface area contributed by atoms with Crippen molar-refractivity contribution in [2.24, 2.45) is 4.40 Å². The normalized spacial score (nSPS) is 24.3. The van der Waals surface area contributed by atoms with Crippen molar-refractivity contribution in [1.82, 2.24) is 4.90 Å². The van der Waals surface area contributed by atoms with Crippen LogP contribution in [0.4, 0.5) is 0 Å². The van der Waals surface area contributed by atoms with Gasteiger partial charge < -0.3 is 9.64 Å². The van der Waals surface area contributed by atoms with Crippen molar-refractivity contribution in [2.45, 2.75) is 25.4 Å². The first-order valence-corrected chi connectivity index (χ1v) is 10.1. The van der Waals surface area contributed by atoms with Crippen LogP contribution in [0.5, 0.6) is 5.75 Å². The lowest BCUT2D eigenvalue weighted by Gasteiger charge is -2.29. The second-order valence-electron chi connectivity index (χ2n) is 6.36. The van der Waals surface area contributed by atoms with Crippen molar-refractivity contribution in [3.05, 3.63) is 60.3 Å². The summed E-state index contributed by atoms with van der Waals surface area (Å²) in [5.41, 5.74) is 1.74. The van der Waals surface area contributed by atoms with Crippen molar-refractivity contribution in [1.29, 1.82) is 0 Å². The number of benzene rings is 1. The Bertz CT molecular complexity index is 880. The Kier molecular flexibility index (Phi) is 4.21. The SMILES string of the molecule is O=S1(=O)CCN2C=CC=C(c3ccc(OC4C=CCCC4)cc3)C2=N1. The van der Waals surface area contributed by atoms with E-state index in [1.54, 1.807) is 0 Å². The van der Waals surface area contributed by atoms with E-state index in [4.69, 9.17) is 4.74 Å². The minimum absolute atomic E-state index is 0.0514. The molecule has 0 spiro atoms. The number of nitrogens with zero attached hydrogens (tertiary/aromatic N) is 2. The maximum Gasteiger partial charge on any atom is 0.256 e. The number of amidine groups is 1. The standard InChI is InChI=1S/C19H20N2O3S/c22-25(23)14-13-21-12-4-7-18(19(21)20-25)15-8-10-17(11-9-15)24-16-5-2-1-3-6-16/h2,4-5,7-12,16H,1,3,6,13-14H2. The van der Waals surface area contributed by atoms with E-state index in [1.807, 2.05) is 47.5 Å². The van der Waals surface area contributed by atoms with E-state index in [9.17, 15) is 8.42 Å². The van der Waals surface area contributed by atoms with Gasteiger partial charge in [-0.05, 0) is 55.2 Å². The van der Waals surface area contributed by atoms with Crippen LogP contribution in [0.1, 0.15) is 24.8 Å². The minimum Gasteiger partial charge on any atom is -0.486 e. The predicted molar refractivity (Wildman–Crippen MR) is 98.9 cm³/mol. The van der Waals surface area contributed by atoms with Crippen molar-refractivity contribution in [3.63, 3.8) is 0 Å². The van der Waals surface area contributed by atoms with Gasteiger partial charge in [-0.3, -0.25) is 0 Å². The average molecular weight is 356 g/mol. The first-order valence-electron chi connectivity index (χ1n) is 8.53. The van der Waals surface area contributed by atoms with Crippen LogP contribution in [0.2, 0.25) is 0 Å². The summed E-state index contributed by atoms with van der Waals surface area (Å²) >= 11 is 0. The summed E-state index contributed by atoms with van der Waals surface area (Å²) < 4.78 is 33.7. The van der Waals surface area contributed by atoms with Crippen molar-refractivity contribution in [2.75, 3.05) is 12.3 Å². The Balaban J connectivity index is 1.58. The molecule has 0 bridgehead atoms. The molecule has 2 aliphatic heterocycles. The van der Waals surface area contributed by atoms with E-state index >= 15 is 0 Å². The molecule has 0 amide bonds. The summed E-state index contributed by atoms with van der Waals surface area (Å²) in [5, 5.41) is 0. The van der Waals surface area contributed by atoms with Gasteiger partial charge in [-0.15, -0.1) is 4.40 Å². The lowest BCUT2D eigenvalue weighted by atomic mass is 10.0. The van der Waals surface area contributed by atoms with Crippen LogP contribution in [-0.4, -0.2) is 37.6 Å². The largest absolute Gasteiger partial charge is 0.486 e. The lowest BCUT2D eigenvalue weighted by molar-refractivity contribution is 0.230. The molecule has 5 nitrogen and oxygen atoms in total. The molecule has 1 aliphatic carbocycles. The average Bonchev–Trinajstić information content (AvgIpc) is 2.62. The Hall–Kier alpha value is -2.34. The molecule has 0 saturated carbocycles. The molecule has 0 radical (unpaired) electrons. The molecule has 0 aromatic heterocycles. The van der Waals surface area contributed by atoms with Crippen LogP contribution >= 0.6 is 0 Å². The predicted octanol–water partition coefficient (Wildman–Crippen LogP) is 3.13. The molecule has 3 aliphatic rings. The highest BCUT2D eigenvalue weighted by atomic mass is 32.2. The first-order chi connectivity index (χ1) is 12.1. The molecule has 0 N–H and O–H groups in total. The fourth-order valence-electron chi connectivity index (χ4n) is 3.21. The van der Waals surface area contributed by atoms with Gasteiger partial charge >= 0.3 is 0 Å². The summed E-state index contributed by atoms with van der Waals surface area (Å²) in [6.07, 6.45) is 13.4. The molecular weight excluding hydrogens is 336 g/mol. The zero-order chi connectivity index (χ0) is 17.3. The highest BCUT2D eigenvalue weighted by Gasteiger charge is 2.27. The third-order valence-electron chi connectivity index (χ3n) is 4.52. The lowest BCUT2D eigenvalue weighted by Crippen LogP contribution is -2.37. The van der Waals surface area contributed by atoms with Gasteiger partial charge in [0.2, 0.25) is 0 Å². The fourth-order valence-corrected chi connectivity index (χ4v) is 4.19. The highest BCUT2D eigenvalue weighted by molar-refractivity contribution is 7.90. The number of rotatable bonds is 3. The third-order valence-corrected chi connectivity index (χ3v) is 5.67. The first kappa shape index (κ1) is 16.1. The number of ether oxygens (including phenoxy) is 1. The fraction of sp³-hybridized carbons (Fsp3) is 0.316. The van der Waals surface area contributed by atoms with Gasteiger partial charge in [-0.1, -0.05) is 18.2 Å². The quantitative estimate of drug-likeness (QED) is 0.781. The Morgan fingerprint density at radius 1 is 1.20 bits per heavy atom. The summed E-state index contributed by atoms with van der Waals surface area (Å²) in [5.74, 6) is 1.37. The van der Waals surface area contributed by atoms with Crippen LogP contribution in [0.15, 0.2) is 59.2 Å². The smallest absolute Gasteiger partial charge is 0.256 e. The molecule has 4 rings (SSSR count). The minimum atomic E-state index is -3.38. The van der Waals surface area contributed by atoms with Gasteiger partial charge in [-0.2, -0.15) is 0 Å². The number of hydrogen-bond acceptors (Lipinski definition) is 4. The van der Waals surface area contributed by atoms with E-state index in [1.165, 1.54) is 0 Å². The Labute approximate surface area is 148 Å². The zero-order valence-electron chi connectivity index (χ0n) is 13.8. The van der Waals surface area contributed by atoms with E-state index in [0.717, 1.165) is 36.1 Å². The number of hydrogen-bond donors (Lipinski definition) is 0. The van der Waals surface area contributed by atoms with Crippen LogP contribution in [0.25, 0.3) is 5.57 Å². The molecule has 25 heavy (non-hydrogen) atoms. The van der Waals surface area contributed by atoms with E-state index < -0.39 is 10.0 Å². The third kappa shape index (κ3) is 3.54. The van der Waals surface area contributed by atoms with E-state index in [0.29, 0.717) is 12.4 Å². The van der Waals surface area contributed by atoms with Crippen molar-refractivity contribution >= 4 is 21.4 Å². The molecule has 0 fully saturated rings. The summed E-state index contributed by atoms with van der Waals surface area (Å²) in [4.78, 5) is 1.88. The summed E-state index contributed by atoms with van der Waals surface area (Å²) in [6.45, 7) is 0.435.